The van der Waals surface area contributed by atoms with Crippen LogP contribution in [0.5, 0.6) is 0 Å². The van der Waals surface area contributed by atoms with Gasteiger partial charge >= 0.3 is 0 Å². The molecule has 5 rings (SSSR count). The van der Waals surface area contributed by atoms with E-state index in [1.165, 1.54) is 0 Å². The Bertz CT molecular complexity index is 1350. The maximum atomic E-state index is 6.38. The normalized spacial score (nSPS) is 11.7. The summed E-state index contributed by atoms with van der Waals surface area (Å²) in [6, 6.07) is 21.9. The Morgan fingerprint density at radius 2 is 1.87 bits per heavy atom. The van der Waals surface area contributed by atoms with Gasteiger partial charge in [-0.05, 0) is 35.9 Å². The summed E-state index contributed by atoms with van der Waals surface area (Å²) in [7, 11) is 0. The van der Waals surface area contributed by atoms with Crippen LogP contribution in [0, 0.1) is 0 Å². The van der Waals surface area contributed by atoms with Crippen molar-refractivity contribution in [3.63, 3.8) is 0 Å². The molecular weight excluding hydrogens is 435 g/mol. The third-order valence-corrected chi connectivity index (χ3v) is 6.36. The molecule has 148 valence electrons. The summed E-state index contributed by atoms with van der Waals surface area (Å²) in [4.78, 5) is 4.55. The van der Waals surface area contributed by atoms with E-state index in [1.54, 1.807) is 17.4 Å². The first-order valence-electron chi connectivity index (χ1n) is 9.34. The number of fused-ring (bicyclic) bond motifs is 2. The minimum Gasteiger partial charge on any atom is -0.342 e. The summed E-state index contributed by atoms with van der Waals surface area (Å²) < 4.78 is 3.30. The first-order valence-corrected chi connectivity index (χ1v) is 10.9. The molecule has 0 atom stereocenters. The Labute approximate surface area is 187 Å². The van der Waals surface area contributed by atoms with Gasteiger partial charge in [-0.15, -0.1) is 0 Å². The molecular formula is C23H16Cl2N4S. The molecule has 2 aromatic heterocycles. The molecule has 3 aromatic carbocycles. The molecule has 0 radical (unpaired) electrons. The number of nitrogens with zero attached hydrogens (tertiary/aromatic N) is 3. The molecule has 30 heavy (non-hydrogen) atoms. The molecule has 7 heteroatoms. The smallest absolute Gasteiger partial charge is 0.204 e. The Morgan fingerprint density at radius 1 is 1.03 bits per heavy atom. The van der Waals surface area contributed by atoms with E-state index in [1.807, 2.05) is 48.7 Å². The zero-order valence-corrected chi connectivity index (χ0v) is 18.0. The molecule has 0 aliphatic rings. The zero-order valence-electron chi connectivity index (χ0n) is 15.7. The van der Waals surface area contributed by atoms with Crippen LogP contribution < -0.4 is 5.43 Å². The quantitative estimate of drug-likeness (QED) is 0.230. The van der Waals surface area contributed by atoms with Crippen molar-refractivity contribution in [2.45, 2.75) is 6.54 Å². The van der Waals surface area contributed by atoms with Gasteiger partial charge in [0.1, 0.15) is 0 Å². The lowest BCUT2D eigenvalue weighted by atomic mass is 10.2. The molecule has 0 unspecified atom stereocenters. The lowest BCUT2D eigenvalue weighted by Gasteiger charge is -2.08. The lowest BCUT2D eigenvalue weighted by Crippen LogP contribution is -1.98. The number of anilines is 1. The van der Waals surface area contributed by atoms with Crippen molar-refractivity contribution in [2.24, 2.45) is 5.10 Å². The minimum atomic E-state index is 0.634. The highest BCUT2D eigenvalue weighted by molar-refractivity contribution is 7.22. The van der Waals surface area contributed by atoms with Crippen molar-refractivity contribution in [1.29, 1.82) is 0 Å². The molecule has 0 amide bonds. The number of para-hydroxylation sites is 2. The summed E-state index contributed by atoms with van der Waals surface area (Å²) in [6.45, 7) is 0.648. The second-order valence-corrected chi connectivity index (χ2v) is 8.70. The molecule has 0 saturated heterocycles. The Kier molecular flexibility index (Phi) is 5.17. The Morgan fingerprint density at radius 3 is 2.73 bits per heavy atom. The third-order valence-electron chi connectivity index (χ3n) is 4.83. The minimum absolute atomic E-state index is 0.634. The topological polar surface area (TPSA) is 42.2 Å². The van der Waals surface area contributed by atoms with E-state index in [9.17, 15) is 0 Å². The monoisotopic (exact) mass is 450 g/mol. The van der Waals surface area contributed by atoms with Gasteiger partial charge in [0.2, 0.25) is 5.13 Å². The second-order valence-electron chi connectivity index (χ2n) is 6.82. The summed E-state index contributed by atoms with van der Waals surface area (Å²) >= 11 is 14.0. The second kappa shape index (κ2) is 8.11. The van der Waals surface area contributed by atoms with Crippen molar-refractivity contribution < 1.29 is 0 Å². The Hall–Kier alpha value is -2.86. The molecule has 4 nitrogen and oxygen atoms in total. The maximum absolute atomic E-state index is 6.38. The van der Waals surface area contributed by atoms with Gasteiger partial charge in [-0.2, -0.15) is 5.10 Å². The highest BCUT2D eigenvalue weighted by atomic mass is 35.5. The van der Waals surface area contributed by atoms with Gasteiger partial charge < -0.3 is 4.57 Å². The zero-order chi connectivity index (χ0) is 20.5. The highest BCUT2D eigenvalue weighted by Crippen LogP contribution is 2.27. The van der Waals surface area contributed by atoms with E-state index in [0.717, 1.165) is 37.4 Å². The molecule has 0 bridgehead atoms. The molecule has 0 spiro atoms. The predicted molar refractivity (Wildman–Crippen MR) is 128 cm³/mol. The number of benzene rings is 3. The fourth-order valence-corrected chi connectivity index (χ4v) is 4.70. The van der Waals surface area contributed by atoms with Crippen LogP contribution >= 0.6 is 34.5 Å². The number of hydrogen-bond acceptors (Lipinski definition) is 4. The summed E-state index contributed by atoms with van der Waals surface area (Å²) in [5.41, 5.74) is 7.17. The van der Waals surface area contributed by atoms with Crippen molar-refractivity contribution in [3.05, 3.63) is 94.1 Å². The lowest BCUT2D eigenvalue weighted by molar-refractivity contribution is 0.836. The SMILES string of the molecule is Clc1ccc(Cn2cc(/C=N\Nc3nc4ccccc4s3)c3ccccc32)c(Cl)c1. The number of halogens is 2. The summed E-state index contributed by atoms with van der Waals surface area (Å²) in [6.07, 6.45) is 3.91. The number of hydrogen-bond donors (Lipinski definition) is 1. The van der Waals surface area contributed by atoms with Crippen LogP contribution in [0.15, 0.2) is 78.0 Å². The molecule has 2 heterocycles. The van der Waals surface area contributed by atoms with Gasteiger partial charge in [-0.1, -0.05) is 70.9 Å². The third kappa shape index (κ3) is 3.79. The van der Waals surface area contributed by atoms with Crippen LogP contribution in [0.3, 0.4) is 0 Å². The predicted octanol–water partition coefficient (Wildman–Crippen LogP) is 7.05. The van der Waals surface area contributed by atoms with Gasteiger partial charge in [0.05, 0.1) is 16.4 Å². The van der Waals surface area contributed by atoms with E-state index in [4.69, 9.17) is 23.2 Å². The van der Waals surface area contributed by atoms with E-state index in [-0.39, 0.29) is 0 Å². The van der Waals surface area contributed by atoms with E-state index in [0.29, 0.717) is 16.6 Å². The van der Waals surface area contributed by atoms with Gasteiger partial charge in [0.15, 0.2) is 0 Å². The van der Waals surface area contributed by atoms with Gasteiger partial charge in [-0.3, -0.25) is 5.43 Å². The molecule has 0 aliphatic heterocycles. The first-order chi connectivity index (χ1) is 14.7. The standard InChI is InChI=1S/C23H16Cl2N4S/c24-17-10-9-15(19(25)11-17)13-29-14-16(18-5-1-3-7-21(18)29)12-26-28-23-27-20-6-2-4-8-22(20)30-23/h1-12,14H,13H2,(H,27,28)/b26-12-. The molecule has 0 saturated carbocycles. The van der Waals surface area contributed by atoms with E-state index in [2.05, 4.69) is 44.5 Å². The fraction of sp³-hybridized carbons (Fsp3) is 0.0435. The van der Waals surface area contributed by atoms with Crippen LogP contribution in [0.4, 0.5) is 5.13 Å². The van der Waals surface area contributed by atoms with Crippen molar-refractivity contribution >= 4 is 67.0 Å². The highest BCUT2D eigenvalue weighted by Gasteiger charge is 2.09. The van der Waals surface area contributed by atoms with Crippen LogP contribution in [-0.2, 0) is 6.54 Å². The average Bonchev–Trinajstić information content (AvgIpc) is 3.31. The first kappa shape index (κ1) is 19.1. The fourth-order valence-electron chi connectivity index (χ4n) is 3.42. The van der Waals surface area contributed by atoms with E-state index < -0.39 is 0 Å². The number of thiazole rings is 1. The number of aromatic nitrogens is 2. The number of rotatable bonds is 5. The molecule has 5 aromatic rings. The van der Waals surface area contributed by atoms with Crippen LogP contribution in [0.2, 0.25) is 10.0 Å². The number of nitrogens with one attached hydrogen (secondary N) is 1. The molecule has 0 aliphatic carbocycles. The largest absolute Gasteiger partial charge is 0.342 e. The van der Waals surface area contributed by atoms with Gasteiger partial charge in [-0.25, -0.2) is 4.98 Å². The van der Waals surface area contributed by atoms with Crippen molar-refractivity contribution in [2.75, 3.05) is 5.43 Å². The van der Waals surface area contributed by atoms with Crippen LogP contribution in [-0.4, -0.2) is 15.8 Å². The van der Waals surface area contributed by atoms with Crippen LogP contribution in [0.1, 0.15) is 11.1 Å². The maximum Gasteiger partial charge on any atom is 0.204 e. The average molecular weight is 451 g/mol. The molecule has 0 fully saturated rings. The van der Waals surface area contributed by atoms with Crippen molar-refractivity contribution in [3.8, 4) is 0 Å². The summed E-state index contributed by atoms with van der Waals surface area (Å²) in [5, 5.41) is 7.61. The number of hydrazone groups is 1. The van der Waals surface area contributed by atoms with Gasteiger partial charge in [0, 0.05) is 39.3 Å². The summed E-state index contributed by atoms with van der Waals surface area (Å²) in [5.74, 6) is 0. The Balaban J connectivity index is 1.43. The molecule has 1 N–H and O–H groups in total. The van der Waals surface area contributed by atoms with Gasteiger partial charge in [0.25, 0.3) is 0 Å². The van der Waals surface area contributed by atoms with Crippen molar-refractivity contribution in [1.82, 2.24) is 9.55 Å². The van der Waals surface area contributed by atoms with E-state index >= 15 is 0 Å². The van der Waals surface area contributed by atoms with Crippen LogP contribution in [0.25, 0.3) is 21.1 Å².